The first-order chi connectivity index (χ1) is 41.1. The van der Waals surface area contributed by atoms with Crippen LogP contribution in [-0.4, -0.2) is 332 Å². The Morgan fingerprint density at radius 3 is 1.29 bits per heavy atom. The lowest BCUT2D eigenvalue weighted by atomic mass is 9.92. The average molecular weight is 1470 g/mol. The number of ether oxygens (including phenoxy) is 11. The largest absolute Gasteiger partial charge is 0.479 e. The molecule has 90 heavy (non-hydrogen) atoms. The van der Waals surface area contributed by atoms with Crippen LogP contribution in [-0.2, 0) is 155 Å². The molecule has 25 atom stereocenters. The fourth-order valence-corrected chi connectivity index (χ4v) is 12.8. The minimum Gasteiger partial charge on any atom is -0.479 e. The Balaban J connectivity index is 1.60. The van der Waals surface area contributed by atoms with E-state index < -0.39 is 258 Å². The van der Waals surface area contributed by atoms with Crippen molar-refractivity contribution in [2.45, 2.75) is 160 Å². The molecule has 0 bridgehead atoms. The molecular weight excluding hydrogens is 1410 g/mol. The monoisotopic (exact) mass is 1470 g/mol. The van der Waals surface area contributed by atoms with E-state index in [1.54, 1.807) is 0 Å². The van der Waals surface area contributed by atoms with Gasteiger partial charge in [0, 0.05) is 14.2 Å². The Hall–Kier alpha value is -2.65. The van der Waals surface area contributed by atoms with E-state index in [0.717, 1.165) is 14.2 Å². The summed E-state index contributed by atoms with van der Waals surface area (Å²) < 4.78 is 322. The first-order valence-electron chi connectivity index (χ1n) is 24.2. The number of methoxy groups -OCH3 is 2. The molecule has 0 radical (unpaired) electrons. The van der Waals surface area contributed by atoms with Gasteiger partial charge in [-0.25, -0.2) is 30.5 Å². The Morgan fingerprint density at radius 2 is 0.822 bits per heavy atom. The van der Waals surface area contributed by atoms with Crippen molar-refractivity contribution in [3.63, 3.8) is 0 Å². The van der Waals surface area contributed by atoms with E-state index in [4.69, 9.17) is 66.6 Å². The standard InChI is InChI=1S/C34H59N3O46S7/c1-68-5-10-21(26(83-90(65,66)67)19(69-2)8(72-10)3-4-35)76-34-25(82-89(62,63)64)18(42)24(28(80-34)30(45)46)78-32-13(37-85(50,51)52)22(81-88(59,60)61)20(11(74-32)7-71-87(56,57)58)75-33-17(41)16(40)23(27(79-33)29(43)44)77-31-12(36-84(47,48)49)15(39)14(38)9(73-31)6-70-86(53,54)55/h8-28,31-34,36-42H,3-7,35H2,1-2H3,(H,43,44)(H,45,46)(H,47,48,49)(H,50,51,52)(H,53,54,55)(H,56,57,58)(H,59,60,61)(H,62,63,64)(H,65,66,67)/t8-,9+,10+,11+,12+,13+,14+,15+,16+,17+,18-,19-,20+,21+,22+,23-,24-,25+,26+,27-,28+,31+,32+,33+,34+/m0/s1. The van der Waals surface area contributed by atoms with Crippen LogP contribution in [0.4, 0.5) is 0 Å². The Kier molecular flexibility index (Phi) is 26.5. The van der Waals surface area contributed by atoms with Crippen molar-refractivity contribution >= 4 is 84.5 Å². The summed E-state index contributed by atoms with van der Waals surface area (Å²) in [5.74, 6) is -4.76. The Labute approximate surface area is 507 Å². The topological polar surface area (TPSA) is 754 Å². The van der Waals surface area contributed by atoms with Crippen molar-refractivity contribution in [2.75, 3.05) is 40.6 Å². The van der Waals surface area contributed by atoms with Gasteiger partial charge in [-0.3, -0.25) is 31.9 Å². The van der Waals surface area contributed by atoms with Crippen LogP contribution < -0.4 is 15.2 Å². The predicted octanol–water partition coefficient (Wildman–Crippen LogP) is -12.1. The van der Waals surface area contributed by atoms with Crippen molar-refractivity contribution in [1.29, 1.82) is 0 Å². The lowest BCUT2D eigenvalue weighted by Crippen LogP contribution is -2.71. The third kappa shape index (κ3) is 21.9. The van der Waals surface area contributed by atoms with Gasteiger partial charge in [-0.15, -0.1) is 0 Å². The minimum atomic E-state index is -6.30. The first-order valence-corrected chi connectivity index (χ1v) is 33.9. The van der Waals surface area contributed by atoms with E-state index in [1.807, 2.05) is 0 Å². The summed E-state index contributed by atoms with van der Waals surface area (Å²) in [6.07, 6.45) is -61.6. The van der Waals surface area contributed by atoms with Gasteiger partial charge in [0.15, 0.2) is 43.5 Å². The zero-order valence-corrected chi connectivity index (χ0v) is 50.4. The maximum absolute atomic E-state index is 13.1. The van der Waals surface area contributed by atoms with E-state index in [0.29, 0.717) is 0 Å². The molecular formula is C34H59N3O46S7. The number of aliphatic hydroxyl groups is 5. The molecule has 0 amide bonds. The number of aliphatic hydroxyl groups excluding tert-OH is 5. The number of carboxylic acid groups (broad SMARTS) is 2. The van der Waals surface area contributed by atoms with Gasteiger partial charge in [-0.2, -0.15) is 68.4 Å². The average Bonchev–Trinajstić information content (AvgIpc) is 0.803. The quantitative estimate of drug-likeness (QED) is 0.0287. The normalized spacial score (nSPS) is 38.8. The van der Waals surface area contributed by atoms with E-state index in [-0.39, 0.29) is 13.0 Å². The van der Waals surface area contributed by atoms with Crippen LogP contribution >= 0.6 is 0 Å². The van der Waals surface area contributed by atoms with Crippen LogP contribution in [0.25, 0.3) is 0 Å². The molecule has 5 rings (SSSR count). The highest BCUT2D eigenvalue weighted by molar-refractivity contribution is 7.84. The summed E-state index contributed by atoms with van der Waals surface area (Å²) in [5.41, 5.74) is 5.66. The van der Waals surface area contributed by atoms with Gasteiger partial charge in [0.2, 0.25) is 0 Å². The molecule has 5 aliphatic heterocycles. The van der Waals surface area contributed by atoms with Crippen molar-refractivity contribution in [3.05, 3.63) is 0 Å². The van der Waals surface area contributed by atoms with Gasteiger partial charge in [0.1, 0.15) is 104 Å². The molecule has 5 fully saturated rings. The number of rotatable bonds is 31. The summed E-state index contributed by atoms with van der Waals surface area (Å²) in [7, 11) is -38.9. The number of hydrogen-bond acceptors (Lipinski definition) is 38. The van der Waals surface area contributed by atoms with Crippen LogP contribution in [0.5, 0.6) is 0 Å². The molecule has 56 heteroatoms. The van der Waals surface area contributed by atoms with Gasteiger partial charge in [-0.05, 0) is 13.0 Å². The molecule has 0 aromatic carbocycles. The van der Waals surface area contributed by atoms with Crippen molar-refractivity contribution in [3.8, 4) is 0 Å². The molecule has 18 N–H and O–H groups in total. The van der Waals surface area contributed by atoms with Crippen LogP contribution in [0.1, 0.15) is 6.42 Å². The third-order valence-corrected chi connectivity index (χ3v) is 16.3. The third-order valence-electron chi connectivity index (χ3n) is 12.9. The number of aliphatic carboxylic acids is 2. The summed E-state index contributed by atoms with van der Waals surface area (Å²) in [5, 5.41) is 76.8. The second-order valence-corrected chi connectivity index (χ2v) is 26.7. The Morgan fingerprint density at radius 1 is 0.411 bits per heavy atom. The lowest BCUT2D eigenvalue weighted by Gasteiger charge is -2.50. The number of nitrogens with two attached hydrogens (primary N) is 1. The molecule has 528 valence electrons. The predicted molar refractivity (Wildman–Crippen MR) is 266 cm³/mol. The van der Waals surface area contributed by atoms with Crippen molar-refractivity contribution < 1.29 is 209 Å². The highest BCUT2D eigenvalue weighted by Crippen LogP contribution is 2.39. The molecule has 0 aliphatic carbocycles. The van der Waals surface area contributed by atoms with Gasteiger partial charge in [0.25, 0.3) is 0 Å². The second kappa shape index (κ2) is 30.6. The van der Waals surface area contributed by atoms with Crippen LogP contribution in [0.15, 0.2) is 0 Å². The van der Waals surface area contributed by atoms with Crippen LogP contribution in [0, 0.1) is 0 Å². The van der Waals surface area contributed by atoms with Crippen molar-refractivity contribution in [1.82, 2.24) is 9.44 Å². The maximum Gasteiger partial charge on any atom is 0.397 e. The number of carbonyl (C=O) groups is 2. The molecule has 49 nitrogen and oxygen atoms in total. The highest BCUT2D eigenvalue weighted by Gasteiger charge is 2.61. The fraction of sp³-hybridized carbons (Fsp3) is 0.941. The molecule has 5 saturated heterocycles. The SMILES string of the molecule is COC[C@H]1O[C@@H](CCN)[C@H](OC)[C@@H](OS(=O)(=O)O)[C@@H]1O[C@@H]1O[C@@H](C(=O)O)[C@@H](O[C@H]2O[C@H](COS(=O)(=O)O)[C@@H](O[C@@H]3O[C@H](C(=O)O)[C@@H](O[C@H]4O[C@H](COS(=O)(=O)O)[C@@H](O)[C@H](O)[C@H]4NS(=O)(=O)O)[C@H](O)[C@H]3O)[C@H](OS(=O)(=O)O)[C@H]2NS(=O)(=O)O)[C@H](O)[C@H]1OS(=O)(=O)O. The van der Waals surface area contributed by atoms with Gasteiger partial charge in [-0.1, -0.05) is 0 Å². The summed E-state index contributed by atoms with van der Waals surface area (Å²) in [4.78, 5) is 25.9. The van der Waals surface area contributed by atoms with E-state index in [9.17, 15) is 132 Å². The van der Waals surface area contributed by atoms with E-state index in [1.165, 1.54) is 9.44 Å². The molecule has 0 aromatic rings. The Bertz CT molecular complexity index is 3270. The van der Waals surface area contributed by atoms with Crippen molar-refractivity contribution in [2.24, 2.45) is 5.73 Å². The van der Waals surface area contributed by atoms with E-state index in [2.05, 4.69) is 16.7 Å². The number of nitrogens with one attached hydrogen (secondary N) is 2. The fourth-order valence-electron chi connectivity index (χ4n) is 9.49. The summed E-state index contributed by atoms with van der Waals surface area (Å²) in [6, 6.07) is -5.72. The molecule has 5 heterocycles. The molecule has 0 aromatic heterocycles. The molecule has 0 spiro atoms. The number of hydrogen-bond donors (Lipinski definition) is 17. The van der Waals surface area contributed by atoms with Crippen LogP contribution in [0.2, 0.25) is 0 Å². The zero-order valence-electron chi connectivity index (χ0n) is 44.7. The molecule has 0 saturated carbocycles. The summed E-state index contributed by atoms with van der Waals surface area (Å²) in [6.45, 7) is -4.31. The first kappa shape index (κ1) is 78.0. The summed E-state index contributed by atoms with van der Waals surface area (Å²) >= 11 is 0. The van der Waals surface area contributed by atoms with Gasteiger partial charge < -0.3 is 93.6 Å². The van der Waals surface area contributed by atoms with Gasteiger partial charge in [0.05, 0.1) is 25.9 Å². The zero-order chi connectivity index (χ0) is 68.4. The van der Waals surface area contributed by atoms with Crippen LogP contribution in [0.3, 0.4) is 0 Å². The molecule has 5 aliphatic rings. The molecule has 0 unspecified atom stereocenters. The highest BCUT2D eigenvalue weighted by atomic mass is 32.3. The maximum atomic E-state index is 13.1. The number of carboxylic acids is 2. The minimum absolute atomic E-state index is 0.180. The smallest absolute Gasteiger partial charge is 0.397 e. The lowest BCUT2D eigenvalue weighted by molar-refractivity contribution is -0.372. The van der Waals surface area contributed by atoms with E-state index >= 15 is 0 Å². The second-order valence-electron chi connectivity index (χ2n) is 19.0. The van der Waals surface area contributed by atoms with Gasteiger partial charge >= 0.3 is 84.5 Å².